The minimum atomic E-state index is -0.386. The van der Waals surface area contributed by atoms with Gasteiger partial charge in [0.15, 0.2) is 0 Å². The molecule has 0 saturated carbocycles. The van der Waals surface area contributed by atoms with Gasteiger partial charge in [0, 0.05) is 37.8 Å². The Morgan fingerprint density at radius 3 is 2.37 bits per heavy atom. The number of anilines is 1. The first-order valence-electron chi connectivity index (χ1n) is 10.5. The summed E-state index contributed by atoms with van der Waals surface area (Å²) < 4.78 is 0. The average Bonchev–Trinajstić information content (AvgIpc) is 3.01. The van der Waals surface area contributed by atoms with Crippen molar-refractivity contribution in [2.45, 2.75) is 38.8 Å². The smallest absolute Gasteiger partial charge is 0.293 e. The van der Waals surface area contributed by atoms with Crippen LogP contribution in [0, 0.1) is 10.1 Å². The van der Waals surface area contributed by atoms with Crippen LogP contribution >= 0.6 is 0 Å². The highest BCUT2D eigenvalue weighted by Crippen LogP contribution is 2.31. The SMILES string of the molecule is CN(C)Cc1ccccc1CNC(=O)c1ccc(N2CCCCCC2)c([N+](=O)[O-])c1. The molecule has 0 spiro atoms. The van der Waals surface area contributed by atoms with Crippen molar-refractivity contribution in [2.75, 3.05) is 32.1 Å². The van der Waals surface area contributed by atoms with Gasteiger partial charge in [-0.2, -0.15) is 0 Å². The first-order chi connectivity index (χ1) is 14.5. The van der Waals surface area contributed by atoms with Crippen molar-refractivity contribution in [3.8, 4) is 0 Å². The number of nitro groups is 1. The number of hydrogen-bond acceptors (Lipinski definition) is 5. The maximum absolute atomic E-state index is 12.7. The number of hydrogen-bond donors (Lipinski definition) is 1. The zero-order valence-electron chi connectivity index (χ0n) is 17.8. The second-order valence-electron chi connectivity index (χ2n) is 8.05. The number of nitrogens with one attached hydrogen (secondary N) is 1. The molecule has 0 unspecified atom stereocenters. The third kappa shape index (κ3) is 5.57. The summed E-state index contributed by atoms with van der Waals surface area (Å²) in [6.45, 7) is 2.79. The Kier molecular flexibility index (Phi) is 7.41. The Morgan fingerprint density at radius 2 is 1.73 bits per heavy atom. The van der Waals surface area contributed by atoms with Gasteiger partial charge in [0.05, 0.1) is 4.92 Å². The number of carbonyl (C=O) groups is 1. The lowest BCUT2D eigenvalue weighted by molar-refractivity contribution is -0.384. The van der Waals surface area contributed by atoms with Crippen LogP contribution in [0.2, 0.25) is 0 Å². The molecular weight excluding hydrogens is 380 g/mol. The Hall–Kier alpha value is -2.93. The summed E-state index contributed by atoms with van der Waals surface area (Å²) in [6, 6.07) is 12.8. The van der Waals surface area contributed by atoms with E-state index in [1.807, 2.05) is 38.4 Å². The van der Waals surface area contributed by atoms with E-state index >= 15 is 0 Å². The molecule has 2 aromatic rings. The van der Waals surface area contributed by atoms with E-state index in [1.54, 1.807) is 12.1 Å². The second-order valence-corrected chi connectivity index (χ2v) is 8.05. The molecule has 2 aromatic carbocycles. The summed E-state index contributed by atoms with van der Waals surface area (Å²) in [6.07, 6.45) is 4.37. The predicted molar refractivity (Wildman–Crippen MR) is 119 cm³/mol. The van der Waals surface area contributed by atoms with E-state index in [2.05, 4.69) is 15.1 Å². The molecule has 1 fully saturated rings. The zero-order chi connectivity index (χ0) is 21.5. The van der Waals surface area contributed by atoms with Crippen LogP contribution in [0.15, 0.2) is 42.5 Å². The number of rotatable bonds is 7. The summed E-state index contributed by atoms with van der Waals surface area (Å²) in [5.74, 6) is -0.305. The monoisotopic (exact) mass is 410 g/mol. The summed E-state index contributed by atoms with van der Waals surface area (Å²) in [5, 5.41) is 14.6. The van der Waals surface area contributed by atoms with Crippen LogP contribution in [-0.4, -0.2) is 42.9 Å². The van der Waals surface area contributed by atoms with Crippen molar-refractivity contribution in [3.05, 3.63) is 69.3 Å². The fraction of sp³-hybridized carbons (Fsp3) is 0.435. The second kappa shape index (κ2) is 10.2. The van der Waals surface area contributed by atoms with E-state index in [-0.39, 0.29) is 16.5 Å². The highest BCUT2D eigenvalue weighted by Gasteiger charge is 2.22. The predicted octanol–water partition coefficient (Wildman–Crippen LogP) is 3.97. The van der Waals surface area contributed by atoms with Crippen molar-refractivity contribution in [1.29, 1.82) is 0 Å². The molecule has 1 heterocycles. The van der Waals surface area contributed by atoms with Crippen LogP contribution in [0.5, 0.6) is 0 Å². The number of carbonyl (C=O) groups excluding carboxylic acids is 1. The van der Waals surface area contributed by atoms with E-state index < -0.39 is 0 Å². The highest BCUT2D eigenvalue weighted by atomic mass is 16.6. The third-order valence-corrected chi connectivity index (χ3v) is 5.43. The molecular formula is C23H30N4O3. The molecule has 30 heavy (non-hydrogen) atoms. The number of benzene rings is 2. The normalized spacial score (nSPS) is 14.4. The standard InChI is InChI=1S/C23H30N4O3/c1-25(2)17-20-10-6-5-9-19(20)16-24-23(28)18-11-12-21(22(15-18)27(29)30)26-13-7-3-4-8-14-26/h5-6,9-12,15H,3-4,7-8,13-14,16-17H2,1-2H3,(H,24,28). The quantitative estimate of drug-likeness (QED) is 0.552. The maximum Gasteiger partial charge on any atom is 0.293 e. The summed E-state index contributed by atoms with van der Waals surface area (Å²) in [7, 11) is 4.00. The molecule has 0 aromatic heterocycles. The summed E-state index contributed by atoms with van der Waals surface area (Å²) >= 11 is 0. The molecule has 0 aliphatic carbocycles. The van der Waals surface area contributed by atoms with Gasteiger partial charge in [0.2, 0.25) is 0 Å². The molecule has 3 rings (SSSR count). The molecule has 0 radical (unpaired) electrons. The molecule has 160 valence electrons. The van der Waals surface area contributed by atoms with Gasteiger partial charge in [0.25, 0.3) is 11.6 Å². The number of amides is 1. The van der Waals surface area contributed by atoms with Crippen LogP contribution in [0.1, 0.15) is 47.2 Å². The van der Waals surface area contributed by atoms with E-state index in [1.165, 1.54) is 6.07 Å². The number of nitrogens with zero attached hydrogens (tertiary/aromatic N) is 3. The largest absolute Gasteiger partial charge is 0.366 e. The lowest BCUT2D eigenvalue weighted by atomic mass is 10.1. The highest BCUT2D eigenvalue weighted by molar-refractivity contribution is 5.95. The van der Waals surface area contributed by atoms with Crippen molar-refractivity contribution in [1.82, 2.24) is 10.2 Å². The Bertz CT molecular complexity index is 890. The van der Waals surface area contributed by atoms with Gasteiger partial charge in [-0.05, 0) is 50.2 Å². The van der Waals surface area contributed by atoms with Gasteiger partial charge >= 0.3 is 0 Å². The van der Waals surface area contributed by atoms with E-state index in [9.17, 15) is 14.9 Å². The fourth-order valence-corrected chi connectivity index (χ4v) is 3.89. The molecule has 1 aliphatic heterocycles. The minimum absolute atomic E-state index is 0.00226. The first-order valence-corrected chi connectivity index (χ1v) is 10.5. The van der Waals surface area contributed by atoms with Gasteiger partial charge in [-0.15, -0.1) is 0 Å². The van der Waals surface area contributed by atoms with Gasteiger partial charge in [-0.25, -0.2) is 0 Å². The van der Waals surface area contributed by atoms with Gasteiger partial charge in [-0.1, -0.05) is 37.1 Å². The summed E-state index contributed by atoms with van der Waals surface area (Å²) in [4.78, 5) is 28.2. The Balaban J connectivity index is 1.75. The Morgan fingerprint density at radius 1 is 1.07 bits per heavy atom. The van der Waals surface area contributed by atoms with Crippen LogP contribution in [-0.2, 0) is 13.1 Å². The number of nitro benzene ring substituents is 1. The van der Waals surface area contributed by atoms with Crippen molar-refractivity contribution in [3.63, 3.8) is 0 Å². The molecule has 1 amide bonds. The van der Waals surface area contributed by atoms with Gasteiger partial charge in [0.1, 0.15) is 5.69 Å². The topological polar surface area (TPSA) is 78.7 Å². The Labute approximate surface area is 177 Å². The molecule has 1 N–H and O–H groups in total. The lowest BCUT2D eigenvalue weighted by Gasteiger charge is -2.22. The molecule has 7 heteroatoms. The fourth-order valence-electron chi connectivity index (χ4n) is 3.89. The van der Waals surface area contributed by atoms with Crippen molar-refractivity contribution in [2.24, 2.45) is 0 Å². The third-order valence-electron chi connectivity index (χ3n) is 5.43. The summed E-state index contributed by atoms with van der Waals surface area (Å²) in [5.41, 5.74) is 3.10. The lowest BCUT2D eigenvalue weighted by Crippen LogP contribution is -2.26. The van der Waals surface area contributed by atoms with E-state index in [0.717, 1.165) is 56.4 Å². The van der Waals surface area contributed by atoms with E-state index in [0.29, 0.717) is 17.8 Å². The van der Waals surface area contributed by atoms with Crippen molar-refractivity contribution >= 4 is 17.3 Å². The molecule has 0 bridgehead atoms. The minimum Gasteiger partial charge on any atom is -0.366 e. The maximum atomic E-state index is 12.7. The zero-order valence-corrected chi connectivity index (χ0v) is 17.8. The van der Waals surface area contributed by atoms with Crippen molar-refractivity contribution < 1.29 is 9.72 Å². The van der Waals surface area contributed by atoms with Gasteiger partial charge in [-0.3, -0.25) is 14.9 Å². The molecule has 1 saturated heterocycles. The van der Waals surface area contributed by atoms with Gasteiger partial charge < -0.3 is 15.1 Å². The van der Waals surface area contributed by atoms with Crippen LogP contribution < -0.4 is 10.2 Å². The molecule has 0 atom stereocenters. The first kappa shape index (κ1) is 21.8. The average molecular weight is 411 g/mol. The van der Waals surface area contributed by atoms with Crippen LogP contribution in [0.25, 0.3) is 0 Å². The van der Waals surface area contributed by atoms with Crippen LogP contribution in [0.4, 0.5) is 11.4 Å². The molecule has 7 nitrogen and oxygen atoms in total. The molecule has 1 aliphatic rings. The van der Waals surface area contributed by atoms with E-state index in [4.69, 9.17) is 0 Å². The van der Waals surface area contributed by atoms with Crippen LogP contribution in [0.3, 0.4) is 0 Å².